The van der Waals surface area contributed by atoms with Crippen molar-refractivity contribution in [1.82, 2.24) is 4.90 Å². The van der Waals surface area contributed by atoms with Crippen molar-refractivity contribution >= 4 is 23.4 Å². The number of fused-ring (bicyclic) bond motifs is 1. The minimum absolute atomic E-state index is 0.241. The van der Waals surface area contributed by atoms with E-state index in [2.05, 4.69) is 0 Å². The summed E-state index contributed by atoms with van der Waals surface area (Å²) in [6.45, 7) is 0. The molecule has 0 bridgehead atoms. The van der Waals surface area contributed by atoms with Crippen LogP contribution in [-0.2, 0) is 0 Å². The highest BCUT2D eigenvalue weighted by Crippen LogP contribution is 2.32. The smallest absolute Gasteiger partial charge is 0.277 e. The van der Waals surface area contributed by atoms with Gasteiger partial charge in [0.05, 0.1) is 27.5 Å². The molecule has 0 radical (unpaired) electrons. The molecule has 1 heterocycles. The molecule has 9 heteroatoms. The molecule has 0 fully saturated rings. The molecule has 0 N–H and O–H groups in total. The number of carbonyl (C=O) groups excluding carboxylic acids is 1. The van der Waals surface area contributed by atoms with E-state index in [4.69, 9.17) is 0 Å². The third kappa shape index (κ3) is 2.87. The van der Waals surface area contributed by atoms with E-state index in [1.165, 1.54) is 6.20 Å². The fourth-order valence-electron chi connectivity index (χ4n) is 2.70. The van der Waals surface area contributed by atoms with Crippen molar-refractivity contribution in [3.63, 3.8) is 0 Å². The van der Waals surface area contributed by atoms with Gasteiger partial charge in [-0.05, 0) is 17.2 Å². The number of benzene rings is 2. The van der Waals surface area contributed by atoms with Gasteiger partial charge in [0, 0.05) is 18.3 Å². The molecule has 9 nitrogen and oxygen atoms in total. The van der Waals surface area contributed by atoms with Gasteiger partial charge in [0.2, 0.25) is 0 Å². The van der Waals surface area contributed by atoms with Crippen LogP contribution in [0.4, 0.5) is 11.4 Å². The standard InChI is InChI=1S/C17H10N4O5/c18-10-16-15-4-2-1-3-11(15)5-6-19(16)17(22)12-7-13(20(23)24)9-14(8-12)21(25)26/h1-9,16H. The minimum atomic E-state index is -0.943. The number of amides is 1. The third-order valence-corrected chi connectivity index (χ3v) is 3.91. The van der Waals surface area contributed by atoms with Crippen molar-refractivity contribution in [2.75, 3.05) is 0 Å². The van der Waals surface area contributed by atoms with Gasteiger partial charge in [0.25, 0.3) is 17.3 Å². The van der Waals surface area contributed by atoms with E-state index in [0.717, 1.165) is 28.7 Å². The second-order valence-electron chi connectivity index (χ2n) is 5.44. The van der Waals surface area contributed by atoms with E-state index < -0.39 is 33.2 Å². The highest BCUT2D eigenvalue weighted by molar-refractivity contribution is 5.97. The van der Waals surface area contributed by atoms with E-state index in [1.807, 2.05) is 6.07 Å². The van der Waals surface area contributed by atoms with Crippen molar-refractivity contribution < 1.29 is 14.6 Å². The summed E-state index contributed by atoms with van der Waals surface area (Å²) in [5, 5.41) is 31.5. The Morgan fingerprint density at radius 2 is 1.69 bits per heavy atom. The van der Waals surface area contributed by atoms with Crippen molar-refractivity contribution in [2.45, 2.75) is 6.04 Å². The molecule has 26 heavy (non-hydrogen) atoms. The molecule has 0 aliphatic carbocycles. The van der Waals surface area contributed by atoms with Gasteiger partial charge < -0.3 is 0 Å². The lowest BCUT2D eigenvalue weighted by molar-refractivity contribution is -0.394. The number of nitro groups is 2. The maximum atomic E-state index is 12.8. The normalized spacial score (nSPS) is 15.0. The Bertz CT molecular complexity index is 976. The Labute approximate surface area is 146 Å². The van der Waals surface area contributed by atoms with Crippen LogP contribution in [0.2, 0.25) is 0 Å². The first-order valence-corrected chi connectivity index (χ1v) is 7.35. The van der Waals surface area contributed by atoms with E-state index in [9.17, 15) is 30.3 Å². The van der Waals surface area contributed by atoms with Crippen molar-refractivity contribution in [2.24, 2.45) is 0 Å². The Balaban J connectivity index is 2.06. The van der Waals surface area contributed by atoms with Crippen LogP contribution >= 0.6 is 0 Å². The quantitative estimate of drug-likeness (QED) is 0.617. The van der Waals surface area contributed by atoms with Crippen LogP contribution in [0.3, 0.4) is 0 Å². The zero-order valence-electron chi connectivity index (χ0n) is 13.1. The van der Waals surface area contributed by atoms with Crippen LogP contribution in [0.1, 0.15) is 27.5 Å². The lowest BCUT2D eigenvalue weighted by Crippen LogP contribution is -2.31. The number of rotatable bonds is 3. The van der Waals surface area contributed by atoms with Crippen molar-refractivity contribution in [3.05, 3.63) is 85.6 Å². The molecule has 0 saturated carbocycles. The Morgan fingerprint density at radius 1 is 1.08 bits per heavy atom. The summed E-state index contributed by atoms with van der Waals surface area (Å²) in [6.07, 6.45) is 3.02. The monoisotopic (exact) mass is 350 g/mol. The summed E-state index contributed by atoms with van der Waals surface area (Å²) < 4.78 is 0. The Kier molecular flexibility index (Phi) is 4.16. The van der Waals surface area contributed by atoms with Gasteiger partial charge in [-0.2, -0.15) is 5.26 Å². The largest absolute Gasteiger partial charge is 0.294 e. The predicted molar refractivity (Wildman–Crippen MR) is 89.8 cm³/mol. The lowest BCUT2D eigenvalue weighted by atomic mass is 9.96. The zero-order valence-corrected chi connectivity index (χ0v) is 13.1. The van der Waals surface area contributed by atoms with Crippen LogP contribution in [0.15, 0.2) is 48.7 Å². The van der Waals surface area contributed by atoms with Gasteiger partial charge >= 0.3 is 0 Å². The van der Waals surface area contributed by atoms with Crippen LogP contribution in [0.25, 0.3) is 6.08 Å². The third-order valence-electron chi connectivity index (χ3n) is 3.91. The van der Waals surface area contributed by atoms with Gasteiger partial charge in [-0.25, -0.2) is 0 Å². The van der Waals surface area contributed by atoms with E-state index in [-0.39, 0.29) is 5.56 Å². The number of nitrogens with zero attached hydrogens (tertiary/aromatic N) is 4. The molecule has 3 rings (SSSR count). The average Bonchev–Trinajstić information content (AvgIpc) is 2.65. The summed E-state index contributed by atoms with van der Waals surface area (Å²) >= 11 is 0. The molecule has 0 aromatic heterocycles. The molecule has 2 aromatic carbocycles. The molecule has 0 saturated heterocycles. The fraction of sp³-hybridized carbons (Fsp3) is 0.0588. The topological polar surface area (TPSA) is 130 Å². The molecule has 1 atom stereocenters. The van der Waals surface area contributed by atoms with Gasteiger partial charge in [0.1, 0.15) is 6.04 Å². The molecule has 1 aliphatic rings. The maximum Gasteiger partial charge on any atom is 0.277 e. The number of hydrogen-bond acceptors (Lipinski definition) is 6. The van der Waals surface area contributed by atoms with Crippen LogP contribution in [-0.4, -0.2) is 20.7 Å². The average molecular weight is 350 g/mol. The Hall–Kier alpha value is -4.06. The van der Waals surface area contributed by atoms with Crippen LogP contribution in [0, 0.1) is 31.6 Å². The first kappa shape index (κ1) is 16.8. The first-order chi connectivity index (χ1) is 12.4. The molecular formula is C17H10N4O5. The summed E-state index contributed by atoms with van der Waals surface area (Å²) in [5.74, 6) is -0.742. The maximum absolute atomic E-state index is 12.8. The lowest BCUT2D eigenvalue weighted by Gasteiger charge is -2.28. The Morgan fingerprint density at radius 3 is 2.27 bits per heavy atom. The second kappa shape index (κ2) is 6.45. The number of non-ortho nitro benzene ring substituents is 2. The SMILES string of the molecule is N#CC1c2ccccc2C=CN1C(=O)c1cc([N+](=O)[O-])cc([N+](=O)[O-])c1. The highest BCUT2D eigenvalue weighted by Gasteiger charge is 2.30. The molecule has 2 aromatic rings. The van der Waals surface area contributed by atoms with Crippen molar-refractivity contribution in [1.29, 1.82) is 5.26 Å². The number of carbonyl (C=O) groups is 1. The number of hydrogen-bond donors (Lipinski definition) is 0. The number of nitro benzene ring substituents is 2. The molecular weight excluding hydrogens is 340 g/mol. The molecule has 1 unspecified atom stereocenters. The fourth-order valence-corrected chi connectivity index (χ4v) is 2.70. The van der Waals surface area contributed by atoms with Gasteiger partial charge in [0.15, 0.2) is 0 Å². The summed E-state index contributed by atoms with van der Waals surface area (Å²) in [6, 6.07) is 10.8. The van der Waals surface area contributed by atoms with Gasteiger partial charge in [-0.3, -0.25) is 29.9 Å². The van der Waals surface area contributed by atoms with Gasteiger partial charge in [-0.15, -0.1) is 0 Å². The molecule has 1 amide bonds. The zero-order chi connectivity index (χ0) is 18.8. The minimum Gasteiger partial charge on any atom is -0.294 e. The van der Waals surface area contributed by atoms with E-state index in [0.29, 0.717) is 5.56 Å². The van der Waals surface area contributed by atoms with E-state index >= 15 is 0 Å². The first-order valence-electron chi connectivity index (χ1n) is 7.35. The van der Waals surface area contributed by atoms with Crippen LogP contribution < -0.4 is 0 Å². The molecule has 1 aliphatic heterocycles. The van der Waals surface area contributed by atoms with Crippen molar-refractivity contribution in [3.8, 4) is 6.07 Å². The summed E-state index contributed by atoms with van der Waals surface area (Å²) in [7, 11) is 0. The highest BCUT2D eigenvalue weighted by atomic mass is 16.6. The molecule has 128 valence electrons. The summed E-state index contributed by atoms with van der Waals surface area (Å²) in [5.41, 5.74) is -0.0102. The summed E-state index contributed by atoms with van der Waals surface area (Å²) in [4.78, 5) is 34.3. The van der Waals surface area contributed by atoms with E-state index in [1.54, 1.807) is 30.3 Å². The van der Waals surface area contributed by atoms with Crippen LogP contribution in [0.5, 0.6) is 0 Å². The second-order valence-corrected chi connectivity index (χ2v) is 5.44. The van der Waals surface area contributed by atoms with Gasteiger partial charge in [-0.1, -0.05) is 24.3 Å². The predicted octanol–water partition coefficient (Wildman–Crippen LogP) is 3.19. The molecule has 0 spiro atoms. The number of nitriles is 1.